The molecule has 0 saturated heterocycles. The van der Waals surface area contributed by atoms with Gasteiger partial charge in [0.15, 0.2) is 0 Å². The van der Waals surface area contributed by atoms with Gasteiger partial charge in [0.25, 0.3) is 0 Å². The van der Waals surface area contributed by atoms with Crippen LogP contribution >= 0.6 is 0 Å². The summed E-state index contributed by atoms with van der Waals surface area (Å²) in [6.07, 6.45) is 6.76. The number of benzene rings is 1. The smallest absolute Gasteiger partial charge is 0.0648 e. The molecule has 0 spiro atoms. The van der Waals surface area contributed by atoms with Gasteiger partial charge < -0.3 is 10.4 Å². The first kappa shape index (κ1) is 14.3. The fourth-order valence-electron chi connectivity index (χ4n) is 3.22. The van der Waals surface area contributed by atoms with Gasteiger partial charge in [-0.1, -0.05) is 18.2 Å². The molecule has 1 aromatic heterocycles. The zero-order chi connectivity index (χ0) is 14.5. The maximum atomic E-state index is 8.81. The highest BCUT2D eigenvalue weighted by atomic mass is 16.3. The molecule has 2 N–H and O–H groups in total. The first-order chi connectivity index (χ1) is 10.4. The van der Waals surface area contributed by atoms with Gasteiger partial charge in [-0.25, -0.2) is 4.68 Å². The van der Waals surface area contributed by atoms with Gasteiger partial charge in [0.1, 0.15) is 0 Å². The molecule has 2 aromatic rings. The highest BCUT2D eigenvalue weighted by molar-refractivity contribution is 5.37. The lowest BCUT2D eigenvalue weighted by Gasteiger charge is -2.23. The molecule has 4 nitrogen and oxygen atoms in total. The molecule has 1 heterocycles. The minimum atomic E-state index is 0.210. The molecule has 0 fully saturated rings. The van der Waals surface area contributed by atoms with Gasteiger partial charge in [0, 0.05) is 12.2 Å². The van der Waals surface area contributed by atoms with Crippen molar-refractivity contribution in [1.29, 1.82) is 0 Å². The fourth-order valence-corrected chi connectivity index (χ4v) is 3.22. The molecule has 1 aliphatic rings. The third kappa shape index (κ3) is 3.17. The quantitative estimate of drug-likeness (QED) is 0.801. The van der Waals surface area contributed by atoms with Crippen LogP contribution in [0.5, 0.6) is 0 Å². The number of aliphatic hydroxyl groups excluding tert-OH is 1. The molecule has 0 unspecified atom stereocenters. The van der Waals surface area contributed by atoms with Crippen molar-refractivity contribution in [3.05, 3.63) is 47.8 Å². The Bertz CT molecular complexity index is 565. The van der Waals surface area contributed by atoms with Crippen molar-refractivity contribution in [2.45, 2.75) is 31.6 Å². The van der Waals surface area contributed by atoms with E-state index in [1.807, 2.05) is 6.07 Å². The second-order valence-corrected chi connectivity index (χ2v) is 5.65. The van der Waals surface area contributed by atoms with Gasteiger partial charge in [-0.2, -0.15) is 5.10 Å². The number of fused-ring (bicyclic) bond motifs is 1. The maximum absolute atomic E-state index is 8.81. The first-order valence-corrected chi connectivity index (χ1v) is 7.84. The van der Waals surface area contributed by atoms with Crippen LogP contribution in [0.4, 0.5) is 0 Å². The number of nitrogens with zero attached hydrogens (tertiary/aromatic N) is 2. The predicted molar refractivity (Wildman–Crippen MR) is 83.8 cm³/mol. The van der Waals surface area contributed by atoms with E-state index in [-0.39, 0.29) is 6.61 Å². The lowest BCUT2D eigenvalue weighted by Crippen LogP contribution is -2.22. The minimum absolute atomic E-state index is 0.210. The van der Waals surface area contributed by atoms with Crippen molar-refractivity contribution in [1.82, 2.24) is 15.1 Å². The van der Waals surface area contributed by atoms with Crippen LogP contribution in [0, 0.1) is 0 Å². The summed E-state index contributed by atoms with van der Waals surface area (Å²) < 4.78 is 2.10. The fraction of sp³-hybridized carbons (Fsp3) is 0.471. The van der Waals surface area contributed by atoms with Crippen LogP contribution in [0.15, 0.2) is 36.5 Å². The maximum Gasteiger partial charge on any atom is 0.0648 e. The van der Waals surface area contributed by atoms with Crippen LogP contribution < -0.4 is 5.32 Å². The summed E-state index contributed by atoms with van der Waals surface area (Å²) in [6.45, 7) is 1.85. The van der Waals surface area contributed by atoms with Crippen molar-refractivity contribution in [2.75, 3.05) is 19.7 Å². The van der Waals surface area contributed by atoms with E-state index >= 15 is 0 Å². The second-order valence-electron chi connectivity index (χ2n) is 5.65. The van der Waals surface area contributed by atoms with Crippen LogP contribution in [0.1, 0.15) is 36.4 Å². The van der Waals surface area contributed by atoms with Gasteiger partial charge in [-0.3, -0.25) is 0 Å². The predicted octanol–water partition coefficient (Wildman–Crippen LogP) is 2.26. The van der Waals surface area contributed by atoms with Crippen molar-refractivity contribution in [3.8, 4) is 5.69 Å². The van der Waals surface area contributed by atoms with Gasteiger partial charge in [-0.15, -0.1) is 0 Å². The monoisotopic (exact) mass is 285 g/mol. The SMILES string of the molecule is OCCNCC[C@H]1CCCc2c1cnn2-c1ccccc1. The Kier molecular flexibility index (Phi) is 4.68. The molecule has 21 heavy (non-hydrogen) atoms. The van der Waals surface area contributed by atoms with Crippen LogP contribution in [0.2, 0.25) is 0 Å². The lowest BCUT2D eigenvalue weighted by molar-refractivity contribution is 0.291. The van der Waals surface area contributed by atoms with Gasteiger partial charge in [0.2, 0.25) is 0 Å². The molecular weight excluding hydrogens is 262 g/mol. The summed E-state index contributed by atoms with van der Waals surface area (Å²) in [5, 5.41) is 16.7. The van der Waals surface area contributed by atoms with Crippen LogP contribution in [-0.2, 0) is 6.42 Å². The molecule has 4 heteroatoms. The number of nitrogens with one attached hydrogen (secondary N) is 1. The molecule has 1 aliphatic carbocycles. The normalized spacial score (nSPS) is 17.7. The summed E-state index contributed by atoms with van der Waals surface area (Å²) in [4.78, 5) is 0. The van der Waals surface area contributed by atoms with Crippen molar-refractivity contribution < 1.29 is 5.11 Å². The third-order valence-corrected chi connectivity index (χ3v) is 4.27. The summed E-state index contributed by atoms with van der Waals surface area (Å²) in [5.41, 5.74) is 3.94. The van der Waals surface area contributed by atoms with E-state index in [4.69, 9.17) is 5.11 Å². The Hall–Kier alpha value is -1.65. The topological polar surface area (TPSA) is 50.1 Å². The Morgan fingerprint density at radius 2 is 2.10 bits per heavy atom. The molecule has 0 radical (unpaired) electrons. The second kappa shape index (κ2) is 6.87. The lowest BCUT2D eigenvalue weighted by atomic mass is 9.85. The molecule has 112 valence electrons. The van der Waals surface area contributed by atoms with Crippen molar-refractivity contribution in [3.63, 3.8) is 0 Å². The minimum Gasteiger partial charge on any atom is -0.395 e. The van der Waals surface area contributed by atoms with Gasteiger partial charge in [-0.05, 0) is 55.8 Å². The molecule has 0 amide bonds. The molecular formula is C17H23N3O. The molecule has 3 rings (SSSR count). The van der Waals surface area contributed by atoms with E-state index in [0.29, 0.717) is 12.5 Å². The molecule has 0 bridgehead atoms. The highest BCUT2D eigenvalue weighted by Crippen LogP contribution is 2.34. The van der Waals surface area contributed by atoms with Crippen molar-refractivity contribution >= 4 is 0 Å². The van der Waals surface area contributed by atoms with Crippen LogP contribution in [-0.4, -0.2) is 34.6 Å². The van der Waals surface area contributed by atoms with E-state index in [2.05, 4.69) is 45.6 Å². The Morgan fingerprint density at radius 3 is 2.90 bits per heavy atom. The number of para-hydroxylation sites is 1. The van der Waals surface area contributed by atoms with E-state index in [9.17, 15) is 0 Å². The Morgan fingerprint density at radius 1 is 1.24 bits per heavy atom. The van der Waals surface area contributed by atoms with Crippen LogP contribution in [0.25, 0.3) is 5.69 Å². The molecule has 1 atom stereocenters. The average Bonchev–Trinajstić information content (AvgIpc) is 2.97. The largest absolute Gasteiger partial charge is 0.395 e. The summed E-state index contributed by atoms with van der Waals surface area (Å²) >= 11 is 0. The number of aliphatic hydroxyl groups is 1. The Labute approximate surface area is 125 Å². The van der Waals surface area contributed by atoms with E-state index in [1.54, 1.807) is 0 Å². The van der Waals surface area contributed by atoms with Crippen molar-refractivity contribution in [2.24, 2.45) is 0 Å². The molecule has 0 aliphatic heterocycles. The van der Waals surface area contributed by atoms with E-state index in [1.165, 1.54) is 24.1 Å². The first-order valence-electron chi connectivity index (χ1n) is 7.84. The van der Waals surface area contributed by atoms with Gasteiger partial charge in [0.05, 0.1) is 18.5 Å². The summed E-state index contributed by atoms with van der Waals surface area (Å²) in [5.74, 6) is 0.595. The zero-order valence-electron chi connectivity index (χ0n) is 12.3. The summed E-state index contributed by atoms with van der Waals surface area (Å²) in [6, 6.07) is 10.4. The van der Waals surface area contributed by atoms with Crippen LogP contribution in [0.3, 0.4) is 0 Å². The standard InChI is InChI=1S/C17H23N3O/c21-12-11-18-10-9-14-5-4-8-17-16(14)13-19-20(17)15-6-2-1-3-7-15/h1-3,6-7,13-14,18,21H,4-5,8-12H2/t14-/m1/s1. The molecule has 0 saturated carbocycles. The van der Waals surface area contributed by atoms with E-state index in [0.717, 1.165) is 25.1 Å². The third-order valence-electron chi connectivity index (χ3n) is 4.27. The number of hydrogen-bond donors (Lipinski definition) is 2. The summed E-state index contributed by atoms with van der Waals surface area (Å²) in [7, 11) is 0. The average molecular weight is 285 g/mol. The highest BCUT2D eigenvalue weighted by Gasteiger charge is 2.24. The zero-order valence-corrected chi connectivity index (χ0v) is 12.3. The number of rotatable bonds is 6. The molecule has 1 aromatic carbocycles. The van der Waals surface area contributed by atoms with E-state index < -0.39 is 0 Å². The Balaban J connectivity index is 1.76. The van der Waals surface area contributed by atoms with Gasteiger partial charge >= 0.3 is 0 Å². The number of aromatic nitrogens is 2. The number of hydrogen-bond acceptors (Lipinski definition) is 3.